The Kier molecular flexibility index (Phi) is 5.01. The topological polar surface area (TPSA) is 38.3 Å². The Bertz CT molecular complexity index is 392. The Morgan fingerprint density at radius 1 is 1.50 bits per heavy atom. The summed E-state index contributed by atoms with van der Waals surface area (Å²) in [5.74, 6) is 0.00355. The van der Waals surface area contributed by atoms with Gasteiger partial charge in [0, 0.05) is 0 Å². The molecule has 1 N–H and O–H groups in total. The first-order valence-corrected chi connectivity index (χ1v) is 5.38. The molecule has 0 radical (unpaired) electrons. The summed E-state index contributed by atoms with van der Waals surface area (Å²) in [6, 6.07) is 8.09. The fourth-order valence-electron chi connectivity index (χ4n) is 1.02. The molecule has 0 aliphatic rings. The van der Waals surface area contributed by atoms with Crippen LogP contribution in [0.3, 0.4) is 0 Å². The highest BCUT2D eigenvalue weighted by Gasteiger charge is 2.16. The Morgan fingerprint density at radius 3 is 2.62 bits per heavy atom. The molecule has 0 heterocycles. The second-order valence-corrected chi connectivity index (χ2v) is 4.06. The van der Waals surface area contributed by atoms with Crippen molar-refractivity contribution in [3.8, 4) is 5.75 Å². The van der Waals surface area contributed by atoms with E-state index in [9.17, 15) is 4.79 Å². The van der Waals surface area contributed by atoms with Crippen molar-refractivity contribution in [2.75, 3.05) is 0 Å². The van der Waals surface area contributed by atoms with Crippen molar-refractivity contribution in [3.05, 3.63) is 43.0 Å². The average Bonchev–Trinajstić information content (AvgIpc) is 2.26. The van der Waals surface area contributed by atoms with Gasteiger partial charge >= 0.3 is 5.97 Å². The van der Waals surface area contributed by atoms with Crippen molar-refractivity contribution in [2.45, 2.75) is 6.04 Å². The van der Waals surface area contributed by atoms with Gasteiger partial charge in [0.15, 0.2) is 0 Å². The third kappa shape index (κ3) is 4.04. The molecule has 0 bridgehead atoms. The van der Waals surface area contributed by atoms with E-state index in [1.807, 2.05) is 6.07 Å². The van der Waals surface area contributed by atoms with Crippen LogP contribution >= 0.6 is 24.8 Å². The first kappa shape index (κ1) is 12.7. The number of thiol groups is 1. The van der Waals surface area contributed by atoms with Crippen molar-refractivity contribution in [1.29, 1.82) is 0 Å². The van der Waals surface area contributed by atoms with Gasteiger partial charge in [-0.3, -0.25) is 0 Å². The molecule has 0 saturated heterocycles. The van der Waals surface area contributed by atoms with E-state index in [0.717, 1.165) is 0 Å². The van der Waals surface area contributed by atoms with Gasteiger partial charge in [0.1, 0.15) is 16.1 Å². The minimum absolute atomic E-state index is 0.218. The fourth-order valence-corrected chi connectivity index (χ4v) is 1.28. The van der Waals surface area contributed by atoms with Crippen molar-refractivity contribution in [1.82, 2.24) is 5.32 Å². The highest BCUT2D eigenvalue weighted by Crippen LogP contribution is 2.09. The summed E-state index contributed by atoms with van der Waals surface area (Å²) in [5.41, 5.74) is 0. The Balaban J connectivity index is 2.63. The van der Waals surface area contributed by atoms with Crippen LogP contribution in [0.15, 0.2) is 43.0 Å². The lowest BCUT2D eigenvalue weighted by atomic mass is 10.3. The molecule has 0 aromatic heterocycles. The predicted molar refractivity (Wildman–Crippen MR) is 70.8 cm³/mol. The van der Waals surface area contributed by atoms with Crippen LogP contribution in [0.2, 0.25) is 0 Å². The fraction of sp³-hybridized carbons (Fsp3) is 0.0909. The average molecular weight is 253 g/mol. The maximum absolute atomic E-state index is 11.6. The summed E-state index contributed by atoms with van der Waals surface area (Å²) in [6.45, 7) is 3.52. The molecular formula is C11H11NO2S2. The number of benzene rings is 1. The minimum Gasteiger partial charge on any atom is -0.425 e. The van der Waals surface area contributed by atoms with E-state index in [0.29, 0.717) is 5.75 Å². The maximum atomic E-state index is 11.6. The number of para-hydroxylation sites is 1. The number of ether oxygens (including phenoxy) is 1. The second kappa shape index (κ2) is 6.30. The Hall–Kier alpha value is -1.33. The van der Waals surface area contributed by atoms with E-state index in [4.69, 9.17) is 17.0 Å². The molecule has 1 aromatic rings. The molecule has 0 aliphatic carbocycles. The lowest BCUT2D eigenvalue weighted by molar-refractivity contribution is -0.135. The van der Waals surface area contributed by atoms with E-state index in [-0.39, 0.29) is 4.32 Å². The number of nitrogens with one attached hydrogen (secondary N) is 1. The van der Waals surface area contributed by atoms with E-state index >= 15 is 0 Å². The zero-order chi connectivity index (χ0) is 12.0. The zero-order valence-corrected chi connectivity index (χ0v) is 10.1. The number of rotatable bonds is 4. The molecule has 0 fully saturated rings. The van der Waals surface area contributed by atoms with Gasteiger partial charge < -0.3 is 10.1 Å². The van der Waals surface area contributed by atoms with Gasteiger partial charge in [-0.1, -0.05) is 36.5 Å². The van der Waals surface area contributed by atoms with Gasteiger partial charge in [-0.25, -0.2) is 4.79 Å². The molecule has 5 heteroatoms. The molecule has 84 valence electrons. The molecule has 0 saturated carbocycles. The highest BCUT2D eigenvalue weighted by atomic mass is 32.1. The summed E-state index contributed by atoms with van der Waals surface area (Å²) >= 11 is 8.60. The van der Waals surface area contributed by atoms with Crippen molar-refractivity contribution in [2.24, 2.45) is 0 Å². The standard InChI is InChI=1S/C11H11NO2S2/c1-2-9(12-11(15)16)10(13)14-8-6-4-3-5-7-8/h2-7,9H,1H2,(H2,12,15,16)/t9-/m0/s1. The number of hydrogen-bond donors (Lipinski definition) is 2. The van der Waals surface area contributed by atoms with Crippen molar-refractivity contribution < 1.29 is 9.53 Å². The predicted octanol–water partition coefficient (Wildman–Crippen LogP) is 1.95. The molecule has 0 amide bonds. The molecule has 1 rings (SSSR count). The smallest absolute Gasteiger partial charge is 0.338 e. The summed E-state index contributed by atoms with van der Waals surface area (Å²) in [7, 11) is 0. The van der Waals surface area contributed by atoms with E-state index in [1.165, 1.54) is 6.08 Å². The monoisotopic (exact) mass is 253 g/mol. The molecular weight excluding hydrogens is 242 g/mol. The van der Waals surface area contributed by atoms with Crippen LogP contribution < -0.4 is 10.1 Å². The normalized spacial score (nSPS) is 11.3. The van der Waals surface area contributed by atoms with Crippen LogP contribution in [0, 0.1) is 0 Å². The van der Waals surface area contributed by atoms with Crippen molar-refractivity contribution in [3.63, 3.8) is 0 Å². The molecule has 16 heavy (non-hydrogen) atoms. The Morgan fingerprint density at radius 2 is 2.12 bits per heavy atom. The van der Waals surface area contributed by atoms with Gasteiger partial charge in [0.2, 0.25) is 0 Å². The number of esters is 1. The molecule has 3 nitrogen and oxygen atoms in total. The summed E-state index contributed by atoms with van der Waals surface area (Å²) in [5, 5.41) is 2.65. The first-order chi connectivity index (χ1) is 7.63. The van der Waals surface area contributed by atoms with Crippen molar-refractivity contribution >= 4 is 35.1 Å². The van der Waals surface area contributed by atoms with Crippen LogP contribution in [-0.4, -0.2) is 16.3 Å². The van der Waals surface area contributed by atoms with E-state index in [2.05, 4.69) is 24.5 Å². The second-order valence-electron chi connectivity index (χ2n) is 2.90. The summed E-state index contributed by atoms with van der Waals surface area (Å²) < 4.78 is 5.32. The third-order valence-corrected chi connectivity index (χ3v) is 1.98. The largest absolute Gasteiger partial charge is 0.425 e. The van der Waals surface area contributed by atoms with Crippen LogP contribution in [0.1, 0.15) is 0 Å². The molecule has 0 spiro atoms. The Labute approximate surface area is 105 Å². The molecule has 0 unspecified atom stereocenters. The van der Waals surface area contributed by atoms with Gasteiger partial charge in [0.25, 0.3) is 0 Å². The van der Waals surface area contributed by atoms with Gasteiger partial charge in [-0.2, -0.15) is 0 Å². The van der Waals surface area contributed by atoms with Gasteiger partial charge in [0.05, 0.1) is 0 Å². The SMILES string of the molecule is C=C[C@H](NC(=S)S)C(=O)Oc1ccccc1. The highest BCUT2D eigenvalue weighted by molar-refractivity contribution is 8.11. The van der Waals surface area contributed by atoms with Crippen LogP contribution in [-0.2, 0) is 4.79 Å². The maximum Gasteiger partial charge on any atom is 0.338 e. The number of thiocarbonyl (C=S) groups is 1. The van der Waals surface area contributed by atoms with Crippen LogP contribution in [0.4, 0.5) is 0 Å². The lowest BCUT2D eigenvalue weighted by Gasteiger charge is -2.13. The van der Waals surface area contributed by atoms with Gasteiger partial charge in [-0.15, -0.1) is 19.2 Å². The molecule has 1 aromatic carbocycles. The first-order valence-electron chi connectivity index (χ1n) is 4.52. The van der Waals surface area contributed by atoms with E-state index in [1.54, 1.807) is 24.3 Å². The zero-order valence-electron chi connectivity index (χ0n) is 8.42. The molecule has 1 atom stereocenters. The number of hydrogen-bond acceptors (Lipinski definition) is 3. The van der Waals surface area contributed by atoms with E-state index < -0.39 is 12.0 Å². The lowest BCUT2D eigenvalue weighted by Crippen LogP contribution is -2.39. The molecule has 0 aliphatic heterocycles. The summed E-state index contributed by atoms with van der Waals surface area (Å²) in [6.07, 6.45) is 1.41. The van der Waals surface area contributed by atoms with Crippen LogP contribution in [0.5, 0.6) is 5.75 Å². The number of carbonyl (C=O) groups is 1. The summed E-state index contributed by atoms with van der Waals surface area (Å²) in [4.78, 5) is 11.6. The minimum atomic E-state index is -0.690. The third-order valence-electron chi connectivity index (χ3n) is 1.73. The van der Waals surface area contributed by atoms with Gasteiger partial charge in [-0.05, 0) is 12.1 Å². The number of carbonyl (C=O) groups excluding carboxylic acids is 1. The quantitative estimate of drug-likeness (QED) is 0.283. The van der Waals surface area contributed by atoms with Crippen LogP contribution in [0.25, 0.3) is 0 Å².